The van der Waals surface area contributed by atoms with E-state index in [1.807, 2.05) is 0 Å². The molecular formula is C12H7F3O3S. The molecule has 3 nitrogen and oxygen atoms in total. The molecule has 1 atom stereocenters. The minimum Gasteiger partial charge on any atom is -0.478 e. The van der Waals surface area contributed by atoms with Crippen molar-refractivity contribution in [1.82, 2.24) is 0 Å². The first-order valence-corrected chi connectivity index (χ1v) is 5.93. The Balaban J connectivity index is 2.47. The van der Waals surface area contributed by atoms with E-state index in [9.17, 15) is 23.1 Å². The van der Waals surface area contributed by atoms with E-state index in [1.54, 1.807) is 0 Å². The lowest BCUT2D eigenvalue weighted by Crippen LogP contribution is -2.06. The zero-order chi connectivity index (χ0) is 14.2. The maximum absolute atomic E-state index is 13.1. The van der Waals surface area contributed by atoms with Crippen molar-refractivity contribution in [2.75, 3.05) is 0 Å². The number of carbonyl (C=O) groups is 1. The highest BCUT2D eigenvalue weighted by Gasteiger charge is 2.22. The van der Waals surface area contributed by atoms with Crippen LogP contribution in [0.15, 0.2) is 23.6 Å². The lowest BCUT2D eigenvalue weighted by atomic mass is 10.0. The van der Waals surface area contributed by atoms with E-state index in [4.69, 9.17) is 5.11 Å². The Morgan fingerprint density at radius 1 is 1.21 bits per heavy atom. The number of carboxylic acids is 1. The van der Waals surface area contributed by atoms with Crippen molar-refractivity contribution in [3.05, 3.63) is 57.0 Å². The standard InChI is InChI=1S/C12H7F3O3S/c13-7-3-5(4-8(14)9(7)15)10(16)11-6(12(17)18)1-2-19-11/h1-4,10,16H,(H,17,18). The van der Waals surface area contributed by atoms with Crippen LogP contribution in [0.2, 0.25) is 0 Å². The predicted molar refractivity (Wildman–Crippen MR) is 61.7 cm³/mol. The summed E-state index contributed by atoms with van der Waals surface area (Å²) in [7, 11) is 0. The molecule has 0 amide bonds. The number of halogens is 3. The van der Waals surface area contributed by atoms with E-state index in [-0.39, 0.29) is 16.0 Å². The van der Waals surface area contributed by atoms with E-state index < -0.39 is 29.5 Å². The molecule has 0 spiro atoms. The summed E-state index contributed by atoms with van der Waals surface area (Å²) in [5.74, 6) is -5.79. The zero-order valence-corrected chi connectivity index (χ0v) is 10.0. The lowest BCUT2D eigenvalue weighted by molar-refractivity contribution is 0.0692. The van der Waals surface area contributed by atoms with Gasteiger partial charge in [0.15, 0.2) is 17.5 Å². The van der Waals surface area contributed by atoms with Crippen LogP contribution in [0.3, 0.4) is 0 Å². The van der Waals surface area contributed by atoms with Crippen LogP contribution in [-0.2, 0) is 0 Å². The number of aromatic carboxylic acids is 1. The van der Waals surface area contributed by atoms with Gasteiger partial charge in [0, 0.05) is 0 Å². The van der Waals surface area contributed by atoms with Gasteiger partial charge in [-0.15, -0.1) is 11.3 Å². The van der Waals surface area contributed by atoms with E-state index in [2.05, 4.69) is 0 Å². The Hall–Kier alpha value is -1.86. The van der Waals surface area contributed by atoms with Gasteiger partial charge in [0.05, 0.1) is 10.4 Å². The molecule has 100 valence electrons. The molecular weight excluding hydrogens is 281 g/mol. The molecule has 2 rings (SSSR count). The maximum Gasteiger partial charge on any atom is 0.336 e. The molecule has 0 aliphatic rings. The first kappa shape index (κ1) is 13.6. The molecule has 0 bridgehead atoms. The molecule has 19 heavy (non-hydrogen) atoms. The summed E-state index contributed by atoms with van der Waals surface area (Å²) < 4.78 is 38.9. The average Bonchev–Trinajstić information content (AvgIpc) is 2.83. The van der Waals surface area contributed by atoms with Crippen LogP contribution in [0, 0.1) is 17.5 Å². The molecule has 1 aromatic heterocycles. The van der Waals surface area contributed by atoms with Crippen LogP contribution in [0.5, 0.6) is 0 Å². The fourth-order valence-corrected chi connectivity index (χ4v) is 2.49. The largest absolute Gasteiger partial charge is 0.478 e. The first-order chi connectivity index (χ1) is 8.91. The molecule has 0 aliphatic carbocycles. The van der Waals surface area contributed by atoms with Crippen LogP contribution in [0.4, 0.5) is 13.2 Å². The Morgan fingerprint density at radius 3 is 2.32 bits per heavy atom. The van der Waals surface area contributed by atoms with Gasteiger partial charge in [-0.05, 0) is 29.1 Å². The van der Waals surface area contributed by atoms with E-state index >= 15 is 0 Å². The third-order valence-corrected chi connectivity index (χ3v) is 3.47. The number of hydrogen-bond donors (Lipinski definition) is 2. The molecule has 1 unspecified atom stereocenters. The van der Waals surface area contributed by atoms with Gasteiger partial charge in [-0.2, -0.15) is 0 Å². The monoisotopic (exact) mass is 288 g/mol. The smallest absolute Gasteiger partial charge is 0.336 e. The van der Waals surface area contributed by atoms with Crippen molar-refractivity contribution in [2.24, 2.45) is 0 Å². The second-order valence-electron chi connectivity index (χ2n) is 3.70. The Kier molecular flexibility index (Phi) is 3.59. The second kappa shape index (κ2) is 5.02. The van der Waals surface area contributed by atoms with Crippen LogP contribution in [0.25, 0.3) is 0 Å². The summed E-state index contributed by atoms with van der Waals surface area (Å²) in [4.78, 5) is 10.9. The average molecular weight is 288 g/mol. The third kappa shape index (κ3) is 2.47. The molecule has 2 aromatic rings. The van der Waals surface area contributed by atoms with E-state index in [1.165, 1.54) is 11.4 Å². The summed E-state index contributed by atoms with van der Waals surface area (Å²) >= 11 is 0.927. The fraction of sp³-hybridized carbons (Fsp3) is 0.0833. The number of aliphatic hydroxyl groups excluding tert-OH is 1. The summed E-state index contributed by atoms with van der Waals surface area (Å²) in [5.41, 5.74) is -0.413. The molecule has 1 aromatic carbocycles. The van der Waals surface area contributed by atoms with Crippen LogP contribution >= 0.6 is 11.3 Å². The number of benzene rings is 1. The van der Waals surface area contributed by atoms with Crippen LogP contribution < -0.4 is 0 Å². The Morgan fingerprint density at radius 2 is 1.79 bits per heavy atom. The van der Waals surface area contributed by atoms with Crippen molar-refractivity contribution in [3.63, 3.8) is 0 Å². The Labute approximate surface area is 109 Å². The molecule has 0 saturated heterocycles. The maximum atomic E-state index is 13.1. The van der Waals surface area contributed by atoms with Gasteiger partial charge < -0.3 is 10.2 Å². The quantitative estimate of drug-likeness (QED) is 0.854. The van der Waals surface area contributed by atoms with Crippen molar-refractivity contribution >= 4 is 17.3 Å². The van der Waals surface area contributed by atoms with Crippen molar-refractivity contribution in [3.8, 4) is 0 Å². The number of hydrogen-bond acceptors (Lipinski definition) is 3. The second-order valence-corrected chi connectivity index (χ2v) is 4.65. The third-order valence-electron chi connectivity index (χ3n) is 2.50. The zero-order valence-electron chi connectivity index (χ0n) is 9.23. The predicted octanol–water partition coefficient (Wildman–Crippen LogP) is 2.95. The van der Waals surface area contributed by atoms with Gasteiger partial charge in [-0.25, -0.2) is 18.0 Å². The summed E-state index contributed by atoms with van der Waals surface area (Å²) in [6, 6.07) is 2.53. The molecule has 1 heterocycles. The van der Waals surface area contributed by atoms with Gasteiger partial charge in [-0.3, -0.25) is 0 Å². The SMILES string of the molecule is O=C(O)c1ccsc1C(O)c1cc(F)c(F)c(F)c1. The number of rotatable bonds is 3. The highest BCUT2D eigenvalue weighted by molar-refractivity contribution is 7.10. The molecule has 0 saturated carbocycles. The first-order valence-electron chi connectivity index (χ1n) is 5.05. The highest BCUT2D eigenvalue weighted by atomic mass is 32.1. The van der Waals surface area contributed by atoms with Crippen LogP contribution in [0.1, 0.15) is 26.9 Å². The molecule has 2 N–H and O–H groups in total. The summed E-state index contributed by atoms with van der Waals surface area (Å²) in [6.45, 7) is 0. The number of thiophene rings is 1. The van der Waals surface area contributed by atoms with Gasteiger partial charge in [0.1, 0.15) is 6.10 Å². The van der Waals surface area contributed by atoms with Gasteiger partial charge in [0.25, 0.3) is 0 Å². The van der Waals surface area contributed by atoms with Crippen molar-refractivity contribution < 1.29 is 28.2 Å². The van der Waals surface area contributed by atoms with E-state index in [0.717, 1.165) is 11.3 Å². The Bertz CT molecular complexity index is 616. The van der Waals surface area contributed by atoms with Gasteiger partial charge in [0.2, 0.25) is 0 Å². The summed E-state index contributed by atoms with van der Waals surface area (Å²) in [5, 5.41) is 20.3. The minimum atomic E-state index is -1.64. The lowest BCUT2D eigenvalue weighted by Gasteiger charge is -2.11. The summed E-state index contributed by atoms with van der Waals surface area (Å²) in [6.07, 6.45) is -1.53. The normalized spacial score (nSPS) is 12.4. The number of aliphatic hydroxyl groups is 1. The molecule has 7 heteroatoms. The topological polar surface area (TPSA) is 57.5 Å². The van der Waals surface area contributed by atoms with Crippen LogP contribution in [-0.4, -0.2) is 16.2 Å². The van der Waals surface area contributed by atoms with Gasteiger partial charge >= 0.3 is 5.97 Å². The fourth-order valence-electron chi connectivity index (χ4n) is 1.59. The molecule has 0 aliphatic heterocycles. The van der Waals surface area contributed by atoms with Gasteiger partial charge in [-0.1, -0.05) is 0 Å². The van der Waals surface area contributed by atoms with E-state index in [0.29, 0.717) is 12.1 Å². The minimum absolute atomic E-state index is 0.0258. The number of carboxylic acid groups (broad SMARTS) is 1. The molecule has 0 radical (unpaired) electrons. The van der Waals surface area contributed by atoms with Crippen molar-refractivity contribution in [2.45, 2.75) is 6.10 Å². The van der Waals surface area contributed by atoms with Crippen molar-refractivity contribution in [1.29, 1.82) is 0 Å². The highest BCUT2D eigenvalue weighted by Crippen LogP contribution is 2.31. The molecule has 0 fully saturated rings.